The van der Waals surface area contributed by atoms with Crippen LogP contribution in [0.15, 0.2) is 76.6 Å². The quantitative estimate of drug-likeness (QED) is 0.272. The first kappa shape index (κ1) is 22.2. The van der Waals surface area contributed by atoms with Gasteiger partial charge in [-0.2, -0.15) is 0 Å². The first-order valence-corrected chi connectivity index (χ1v) is 11.5. The predicted molar refractivity (Wildman–Crippen MR) is 132 cm³/mol. The number of nitrogens with zero attached hydrogens (tertiary/aromatic N) is 1. The number of ether oxygens (including phenoxy) is 2. The van der Waals surface area contributed by atoms with E-state index in [2.05, 4.69) is 22.5 Å². The van der Waals surface area contributed by atoms with Crippen LogP contribution in [0.4, 0.5) is 4.79 Å². The Hall–Kier alpha value is -3.03. The van der Waals surface area contributed by atoms with Gasteiger partial charge in [0.25, 0.3) is 11.1 Å². The highest BCUT2D eigenvalue weighted by atomic mass is 79.9. The van der Waals surface area contributed by atoms with Crippen LogP contribution >= 0.6 is 27.7 Å². The first-order chi connectivity index (χ1) is 15.5. The summed E-state index contributed by atoms with van der Waals surface area (Å²) in [5, 5.41) is 1.82. The smallest absolute Gasteiger partial charge is 0.293 e. The molecule has 0 aromatic heterocycles. The van der Waals surface area contributed by atoms with Gasteiger partial charge in [-0.15, -0.1) is 0 Å². The number of hydrogen-bond donors (Lipinski definition) is 0. The Morgan fingerprint density at radius 3 is 2.69 bits per heavy atom. The average Bonchev–Trinajstić information content (AvgIpc) is 3.05. The summed E-state index contributed by atoms with van der Waals surface area (Å²) >= 11 is 4.42. The van der Waals surface area contributed by atoms with Crippen LogP contribution in [-0.2, 0) is 11.3 Å². The molecule has 3 aromatic carbocycles. The molecule has 0 saturated carbocycles. The van der Waals surface area contributed by atoms with Crippen molar-refractivity contribution < 1.29 is 19.1 Å². The molecule has 0 radical (unpaired) electrons. The lowest BCUT2D eigenvalue weighted by Gasteiger charge is -2.14. The van der Waals surface area contributed by atoms with Crippen LogP contribution in [0, 0.1) is 0 Å². The average molecular weight is 510 g/mol. The van der Waals surface area contributed by atoms with Crippen LogP contribution in [-0.4, -0.2) is 29.8 Å². The molecule has 0 bridgehead atoms. The fraction of sp³-hybridized carbons (Fsp3) is 0.120. The lowest BCUT2D eigenvalue weighted by Crippen LogP contribution is -2.27. The number of hydrogen-bond acceptors (Lipinski definition) is 5. The highest BCUT2D eigenvalue weighted by molar-refractivity contribution is 9.10. The van der Waals surface area contributed by atoms with Crippen molar-refractivity contribution in [2.24, 2.45) is 0 Å². The largest absolute Gasteiger partial charge is 0.493 e. The second-order valence-corrected chi connectivity index (χ2v) is 8.89. The summed E-state index contributed by atoms with van der Waals surface area (Å²) in [6.45, 7) is 4.21. The molecule has 0 unspecified atom stereocenters. The maximum atomic E-state index is 13.0. The van der Waals surface area contributed by atoms with Crippen molar-refractivity contribution in [3.8, 4) is 11.5 Å². The minimum Gasteiger partial charge on any atom is -0.493 e. The maximum Gasteiger partial charge on any atom is 0.293 e. The molecular formula is C25H20BrNO4S. The lowest BCUT2D eigenvalue weighted by atomic mass is 10.0. The van der Waals surface area contributed by atoms with Gasteiger partial charge in [-0.05, 0) is 67.8 Å². The van der Waals surface area contributed by atoms with E-state index < -0.39 is 0 Å². The molecule has 1 aliphatic rings. The number of methoxy groups -OCH3 is 1. The fourth-order valence-electron chi connectivity index (χ4n) is 3.49. The van der Waals surface area contributed by atoms with E-state index in [4.69, 9.17) is 9.47 Å². The van der Waals surface area contributed by atoms with Crippen LogP contribution < -0.4 is 9.47 Å². The molecule has 1 fully saturated rings. The molecule has 0 atom stereocenters. The molecule has 0 spiro atoms. The number of thioether (sulfide) groups is 1. The van der Waals surface area contributed by atoms with Crippen molar-refractivity contribution in [3.63, 3.8) is 0 Å². The second-order valence-electron chi connectivity index (χ2n) is 7.04. The van der Waals surface area contributed by atoms with Gasteiger partial charge in [-0.1, -0.05) is 55.1 Å². The molecule has 32 heavy (non-hydrogen) atoms. The summed E-state index contributed by atoms with van der Waals surface area (Å²) in [7, 11) is 1.55. The highest BCUT2D eigenvalue weighted by Gasteiger charge is 2.35. The SMILES string of the molecule is C=CCOc1c(Br)cc(/C=C2/SC(=O)N(Cc3cccc4ccccc34)C2=O)cc1OC. The molecule has 0 aliphatic carbocycles. The Morgan fingerprint density at radius 1 is 1.12 bits per heavy atom. The Morgan fingerprint density at radius 2 is 1.91 bits per heavy atom. The number of fused-ring (bicyclic) bond motifs is 1. The van der Waals surface area contributed by atoms with Gasteiger partial charge < -0.3 is 9.47 Å². The molecule has 1 heterocycles. The minimum absolute atomic E-state index is 0.227. The third-order valence-electron chi connectivity index (χ3n) is 4.98. The van der Waals surface area contributed by atoms with Gasteiger partial charge >= 0.3 is 0 Å². The first-order valence-electron chi connectivity index (χ1n) is 9.85. The van der Waals surface area contributed by atoms with Crippen molar-refractivity contribution >= 4 is 55.7 Å². The summed E-state index contributed by atoms with van der Waals surface area (Å²) in [6.07, 6.45) is 3.34. The third kappa shape index (κ3) is 4.45. The number of carbonyl (C=O) groups is 2. The van der Waals surface area contributed by atoms with Crippen molar-refractivity contribution in [1.29, 1.82) is 0 Å². The van der Waals surface area contributed by atoms with Crippen molar-refractivity contribution in [3.05, 3.63) is 87.8 Å². The monoisotopic (exact) mass is 509 g/mol. The number of amides is 2. The van der Waals surface area contributed by atoms with Gasteiger partial charge in [0.05, 0.1) is 23.0 Å². The number of benzene rings is 3. The standard InChI is InChI=1S/C25H20BrNO4S/c1-3-11-31-23-20(26)12-16(13-21(23)30-2)14-22-24(28)27(25(29)32-22)15-18-9-6-8-17-7-4-5-10-19(17)18/h3-10,12-14H,1,11,15H2,2H3/b22-14+. The second kappa shape index (κ2) is 9.63. The molecule has 162 valence electrons. The predicted octanol–water partition coefficient (Wildman–Crippen LogP) is 6.41. The molecule has 7 heteroatoms. The van der Waals surface area contributed by atoms with Gasteiger partial charge in [0.1, 0.15) is 6.61 Å². The van der Waals surface area contributed by atoms with Crippen LogP contribution in [0.3, 0.4) is 0 Å². The molecular weight excluding hydrogens is 490 g/mol. The van der Waals surface area contributed by atoms with Gasteiger partial charge in [0.15, 0.2) is 11.5 Å². The normalized spacial score (nSPS) is 14.9. The summed E-state index contributed by atoms with van der Waals surface area (Å²) in [4.78, 5) is 27.3. The van der Waals surface area contributed by atoms with Crippen LogP contribution in [0.5, 0.6) is 11.5 Å². The molecule has 4 rings (SSSR count). The number of halogens is 1. The molecule has 2 amide bonds. The van der Waals surface area contributed by atoms with E-state index in [1.54, 1.807) is 25.3 Å². The summed E-state index contributed by atoms with van der Waals surface area (Å²) in [5.41, 5.74) is 1.65. The van der Waals surface area contributed by atoms with E-state index in [-0.39, 0.29) is 17.7 Å². The molecule has 3 aromatic rings. The Bertz CT molecular complexity index is 1250. The number of rotatable bonds is 7. The Kier molecular flexibility index (Phi) is 6.67. The van der Waals surface area contributed by atoms with E-state index in [1.165, 1.54) is 4.90 Å². The number of imide groups is 1. The summed E-state index contributed by atoms with van der Waals surface area (Å²) in [5.74, 6) is 0.756. The van der Waals surface area contributed by atoms with Gasteiger partial charge in [0.2, 0.25) is 0 Å². The summed E-state index contributed by atoms with van der Waals surface area (Å²) < 4.78 is 11.8. The maximum absolute atomic E-state index is 13.0. The van der Waals surface area contributed by atoms with Gasteiger partial charge in [-0.25, -0.2) is 0 Å². The van der Waals surface area contributed by atoms with E-state index in [0.29, 0.717) is 27.5 Å². The van der Waals surface area contributed by atoms with E-state index >= 15 is 0 Å². The molecule has 1 aliphatic heterocycles. The highest BCUT2D eigenvalue weighted by Crippen LogP contribution is 2.39. The Labute approximate surface area is 198 Å². The topological polar surface area (TPSA) is 55.8 Å². The minimum atomic E-state index is -0.310. The van der Waals surface area contributed by atoms with Crippen molar-refractivity contribution in [1.82, 2.24) is 4.90 Å². The third-order valence-corrected chi connectivity index (χ3v) is 6.47. The van der Waals surface area contributed by atoms with Gasteiger partial charge in [-0.3, -0.25) is 14.5 Å². The van der Waals surface area contributed by atoms with Crippen LogP contribution in [0.1, 0.15) is 11.1 Å². The van der Waals surface area contributed by atoms with Crippen molar-refractivity contribution in [2.75, 3.05) is 13.7 Å². The van der Waals surface area contributed by atoms with Crippen LogP contribution in [0.25, 0.3) is 16.8 Å². The van der Waals surface area contributed by atoms with E-state index in [9.17, 15) is 9.59 Å². The lowest BCUT2D eigenvalue weighted by molar-refractivity contribution is -0.123. The van der Waals surface area contributed by atoms with Gasteiger partial charge in [0, 0.05) is 0 Å². The van der Waals surface area contributed by atoms with Crippen LogP contribution in [0.2, 0.25) is 0 Å². The molecule has 0 N–H and O–H groups in total. The number of carbonyl (C=O) groups excluding carboxylic acids is 2. The zero-order chi connectivity index (χ0) is 22.7. The zero-order valence-corrected chi connectivity index (χ0v) is 19.7. The van der Waals surface area contributed by atoms with Crippen molar-refractivity contribution in [2.45, 2.75) is 6.54 Å². The molecule has 1 saturated heterocycles. The molecule has 5 nitrogen and oxygen atoms in total. The fourth-order valence-corrected chi connectivity index (χ4v) is 4.91. The summed E-state index contributed by atoms with van der Waals surface area (Å²) in [6, 6.07) is 17.4. The Balaban J connectivity index is 1.61. The zero-order valence-electron chi connectivity index (χ0n) is 17.3. The van der Waals surface area contributed by atoms with E-state index in [0.717, 1.165) is 33.7 Å². The van der Waals surface area contributed by atoms with E-state index in [1.807, 2.05) is 48.5 Å².